The second-order valence-electron chi connectivity index (χ2n) is 2.83. The number of nitrogen functional groups attached to an aromatic ring is 1. The van der Waals surface area contributed by atoms with Gasteiger partial charge in [-0.15, -0.1) is 0 Å². The lowest BCUT2D eigenvalue weighted by atomic mass is 10.1. The van der Waals surface area contributed by atoms with E-state index in [-0.39, 0.29) is 17.0 Å². The summed E-state index contributed by atoms with van der Waals surface area (Å²) in [6.07, 6.45) is 0. The number of hydrogen-bond donors (Lipinski definition) is 4. The number of nitrogens with zero attached hydrogens (tertiary/aromatic N) is 1. The molecule has 0 aromatic heterocycles. The highest BCUT2D eigenvalue weighted by Gasteiger charge is 2.15. The van der Waals surface area contributed by atoms with Crippen molar-refractivity contribution in [3.63, 3.8) is 0 Å². The molecule has 0 saturated heterocycles. The number of para-hydroxylation sites is 1. The number of carbonyl (C=O) groups is 2. The summed E-state index contributed by atoms with van der Waals surface area (Å²) >= 11 is 0. The fourth-order valence-electron chi connectivity index (χ4n) is 1.05. The van der Waals surface area contributed by atoms with E-state index in [0.29, 0.717) is 0 Å². The Kier molecular flexibility index (Phi) is 3.44. The summed E-state index contributed by atoms with van der Waals surface area (Å²) in [5.74, 6) is -1.31. The first-order valence-corrected chi connectivity index (χ1v) is 4.23. The number of nitrogens with one attached hydrogen (secondary N) is 1. The molecule has 2 amide bonds. The van der Waals surface area contributed by atoms with E-state index in [9.17, 15) is 9.59 Å². The monoisotopic (exact) mass is 222 g/mol. The molecule has 1 rings (SSSR count). The van der Waals surface area contributed by atoms with Gasteiger partial charge in [0.2, 0.25) is 0 Å². The number of carboxylic acid groups (broad SMARTS) is 1. The smallest absolute Gasteiger partial charge is 0.357 e. The summed E-state index contributed by atoms with van der Waals surface area (Å²) in [6.45, 7) is 0. The molecule has 0 saturated carbocycles. The normalized spacial score (nSPS) is 10.9. The summed E-state index contributed by atoms with van der Waals surface area (Å²) in [5, 5.41) is 12.3. The average molecular weight is 222 g/mol. The fourth-order valence-corrected chi connectivity index (χ4v) is 1.05. The van der Waals surface area contributed by atoms with E-state index < -0.39 is 12.0 Å². The Labute approximate surface area is 90.7 Å². The standard InChI is InChI=1S/C9H10N4O3/c10-6-4-2-1-3-5(6)7(8(14)15)12-13-9(11)16/h1-4H,10H2,(H,14,15)(H3,11,13,16)/b12-7+. The van der Waals surface area contributed by atoms with Crippen molar-refractivity contribution in [1.82, 2.24) is 5.43 Å². The lowest BCUT2D eigenvalue weighted by Crippen LogP contribution is -2.28. The summed E-state index contributed by atoms with van der Waals surface area (Å²) < 4.78 is 0. The molecule has 0 aliphatic heterocycles. The number of nitrogens with two attached hydrogens (primary N) is 2. The van der Waals surface area contributed by atoms with Crippen LogP contribution >= 0.6 is 0 Å². The van der Waals surface area contributed by atoms with Gasteiger partial charge in [0.25, 0.3) is 0 Å². The number of hydrazone groups is 1. The quantitative estimate of drug-likeness (QED) is 0.318. The van der Waals surface area contributed by atoms with Gasteiger partial charge in [-0.3, -0.25) is 0 Å². The van der Waals surface area contributed by atoms with Crippen molar-refractivity contribution in [1.29, 1.82) is 0 Å². The number of anilines is 1. The minimum absolute atomic E-state index is 0.212. The molecule has 7 nitrogen and oxygen atoms in total. The molecule has 84 valence electrons. The van der Waals surface area contributed by atoms with Gasteiger partial charge in [-0.25, -0.2) is 15.0 Å². The van der Waals surface area contributed by atoms with Crippen molar-refractivity contribution < 1.29 is 14.7 Å². The zero-order valence-electron chi connectivity index (χ0n) is 8.18. The molecule has 7 heteroatoms. The van der Waals surface area contributed by atoms with E-state index >= 15 is 0 Å². The third kappa shape index (κ3) is 2.71. The van der Waals surface area contributed by atoms with Crippen molar-refractivity contribution in [3.05, 3.63) is 29.8 Å². The molecule has 0 spiro atoms. The van der Waals surface area contributed by atoms with Gasteiger partial charge < -0.3 is 16.6 Å². The van der Waals surface area contributed by atoms with Gasteiger partial charge in [-0.1, -0.05) is 18.2 Å². The number of hydrogen-bond acceptors (Lipinski definition) is 4. The molecular formula is C9H10N4O3. The predicted molar refractivity (Wildman–Crippen MR) is 57.7 cm³/mol. The highest BCUT2D eigenvalue weighted by molar-refractivity contribution is 6.43. The van der Waals surface area contributed by atoms with E-state index in [1.165, 1.54) is 12.1 Å². The molecule has 0 unspecified atom stereocenters. The van der Waals surface area contributed by atoms with Gasteiger partial charge in [-0.05, 0) is 6.07 Å². The third-order valence-electron chi connectivity index (χ3n) is 1.70. The van der Waals surface area contributed by atoms with Crippen LogP contribution in [0.25, 0.3) is 0 Å². The van der Waals surface area contributed by atoms with Crippen molar-refractivity contribution in [2.75, 3.05) is 5.73 Å². The Morgan fingerprint density at radius 3 is 2.44 bits per heavy atom. The van der Waals surface area contributed by atoms with Gasteiger partial charge in [0, 0.05) is 11.3 Å². The van der Waals surface area contributed by atoms with Crippen LogP contribution in [-0.2, 0) is 4.79 Å². The van der Waals surface area contributed by atoms with Gasteiger partial charge in [-0.2, -0.15) is 5.10 Å². The molecule has 0 aliphatic carbocycles. The number of aliphatic carboxylic acids is 1. The number of rotatable bonds is 3. The van der Waals surface area contributed by atoms with Crippen molar-refractivity contribution >= 4 is 23.4 Å². The first-order valence-electron chi connectivity index (χ1n) is 4.23. The number of carbonyl (C=O) groups excluding carboxylic acids is 1. The number of primary amides is 1. The molecule has 0 fully saturated rings. The molecule has 0 aliphatic rings. The van der Waals surface area contributed by atoms with Crippen LogP contribution < -0.4 is 16.9 Å². The summed E-state index contributed by atoms with van der Waals surface area (Å²) in [7, 11) is 0. The SMILES string of the molecule is NC(=O)N/N=C(/C(=O)O)c1ccccc1N. The van der Waals surface area contributed by atoms with Gasteiger partial charge in [0.15, 0.2) is 5.71 Å². The molecule has 0 heterocycles. The highest BCUT2D eigenvalue weighted by Crippen LogP contribution is 2.11. The summed E-state index contributed by atoms with van der Waals surface area (Å²) in [4.78, 5) is 21.3. The van der Waals surface area contributed by atoms with Crippen LogP contribution in [0.2, 0.25) is 0 Å². The van der Waals surface area contributed by atoms with Gasteiger partial charge >= 0.3 is 12.0 Å². The molecule has 0 bridgehead atoms. The van der Waals surface area contributed by atoms with Crippen LogP contribution in [0.15, 0.2) is 29.4 Å². The number of carboxylic acids is 1. The highest BCUT2D eigenvalue weighted by atomic mass is 16.4. The molecule has 1 aromatic carbocycles. The minimum atomic E-state index is -1.31. The summed E-state index contributed by atoms with van der Waals surface area (Å²) in [6, 6.07) is 5.31. The molecular weight excluding hydrogens is 212 g/mol. The second-order valence-corrected chi connectivity index (χ2v) is 2.83. The maximum Gasteiger partial charge on any atom is 0.357 e. The summed E-state index contributed by atoms with van der Waals surface area (Å²) in [5.41, 5.74) is 12.3. The van der Waals surface area contributed by atoms with E-state index in [2.05, 4.69) is 5.10 Å². The third-order valence-corrected chi connectivity index (χ3v) is 1.70. The zero-order chi connectivity index (χ0) is 12.1. The fraction of sp³-hybridized carbons (Fsp3) is 0. The molecule has 0 atom stereocenters. The Morgan fingerprint density at radius 2 is 1.94 bits per heavy atom. The first kappa shape index (κ1) is 11.5. The van der Waals surface area contributed by atoms with Crippen LogP contribution in [0, 0.1) is 0 Å². The Hall–Kier alpha value is -2.57. The number of benzene rings is 1. The average Bonchev–Trinajstić information content (AvgIpc) is 2.20. The lowest BCUT2D eigenvalue weighted by Gasteiger charge is -2.04. The largest absolute Gasteiger partial charge is 0.476 e. The number of amides is 2. The Bertz CT molecular complexity index is 456. The molecule has 16 heavy (non-hydrogen) atoms. The van der Waals surface area contributed by atoms with Crippen LogP contribution in [0.3, 0.4) is 0 Å². The van der Waals surface area contributed by atoms with Crippen LogP contribution in [0.4, 0.5) is 10.5 Å². The maximum atomic E-state index is 10.9. The van der Waals surface area contributed by atoms with Crippen LogP contribution in [-0.4, -0.2) is 22.8 Å². The van der Waals surface area contributed by atoms with Gasteiger partial charge in [0.1, 0.15) is 0 Å². The molecule has 0 radical (unpaired) electrons. The lowest BCUT2D eigenvalue weighted by molar-refractivity contribution is -0.129. The zero-order valence-corrected chi connectivity index (χ0v) is 8.18. The first-order chi connectivity index (χ1) is 7.52. The minimum Gasteiger partial charge on any atom is -0.476 e. The van der Waals surface area contributed by atoms with Crippen molar-refractivity contribution in [2.45, 2.75) is 0 Å². The van der Waals surface area contributed by atoms with Gasteiger partial charge in [0.05, 0.1) is 0 Å². The Morgan fingerprint density at radius 1 is 1.31 bits per heavy atom. The van der Waals surface area contributed by atoms with E-state index in [4.69, 9.17) is 16.6 Å². The second kappa shape index (κ2) is 4.78. The number of urea groups is 1. The van der Waals surface area contributed by atoms with E-state index in [1.54, 1.807) is 12.1 Å². The van der Waals surface area contributed by atoms with Crippen molar-refractivity contribution in [2.24, 2.45) is 10.8 Å². The van der Waals surface area contributed by atoms with E-state index in [0.717, 1.165) is 0 Å². The molecule has 1 aromatic rings. The van der Waals surface area contributed by atoms with Crippen LogP contribution in [0.5, 0.6) is 0 Å². The topological polar surface area (TPSA) is 131 Å². The van der Waals surface area contributed by atoms with Crippen LogP contribution in [0.1, 0.15) is 5.56 Å². The maximum absolute atomic E-state index is 10.9. The van der Waals surface area contributed by atoms with E-state index in [1.807, 2.05) is 5.43 Å². The molecule has 6 N–H and O–H groups in total. The van der Waals surface area contributed by atoms with Crippen molar-refractivity contribution in [3.8, 4) is 0 Å². The Balaban J connectivity index is 3.13. The predicted octanol–water partition coefficient (Wildman–Crippen LogP) is -0.274.